The van der Waals surface area contributed by atoms with Crippen LogP contribution < -0.4 is 10.6 Å². The van der Waals surface area contributed by atoms with Crippen molar-refractivity contribution in [3.63, 3.8) is 0 Å². The van der Waals surface area contributed by atoms with Crippen LogP contribution in [0.15, 0.2) is 42.5 Å². The molecule has 0 spiro atoms. The van der Waals surface area contributed by atoms with Gasteiger partial charge in [0.2, 0.25) is 5.91 Å². The molecule has 2 amide bonds. The lowest BCUT2D eigenvalue weighted by Gasteiger charge is -2.10. The summed E-state index contributed by atoms with van der Waals surface area (Å²) in [5.74, 6) is -2.93. The predicted octanol–water partition coefficient (Wildman–Crippen LogP) is 3.81. The molecule has 4 nitrogen and oxygen atoms in total. The molecule has 0 saturated heterocycles. The van der Waals surface area contributed by atoms with Crippen molar-refractivity contribution in [1.29, 1.82) is 0 Å². The van der Waals surface area contributed by atoms with E-state index in [1.165, 1.54) is 12.1 Å². The fraction of sp³-hybridized carbons (Fsp3) is 0.263. The van der Waals surface area contributed by atoms with E-state index < -0.39 is 35.2 Å². The van der Waals surface area contributed by atoms with Gasteiger partial charge in [-0.3, -0.25) is 9.59 Å². The van der Waals surface area contributed by atoms with Crippen molar-refractivity contribution in [2.75, 3.05) is 6.54 Å². The van der Waals surface area contributed by atoms with Crippen LogP contribution in [0.3, 0.4) is 0 Å². The number of hydrogen-bond acceptors (Lipinski definition) is 2. The molecule has 0 aromatic heterocycles. The molecule has 0 saturated carbocycles. The summed E-state index contributed by atoms with van der Waals surface area (Å²) in [6.07, 6.45) is -4.20. The Kier molecular flexibility index (Phi) is 7.08. The van der Waals surface area contributed by atoms with Crippen molar-refractivity contribution in [2.45, 2.75) is 25.6 Å². The first-order valence-corrected chi connectivity index (χ1v) is 8.33. The summed E-state index contributed by atoms with van der Waals surface area (Å²) in [6.45, 7) is 0.0164. The van der Waals surface area contributed by atoms with Crippen LogP contribution in [0.5, 0.6) is 0 Å². The average Bonchev–Trinajstić information content (AvgIpc) is 2.63. The Morgan fingerprint density at radius 1 is 0.964 bits per heavy atom. The van der Waals surface area contributed by atoms with E-state index in [4.69, 9.17) is 0 Å². The molecule has 28 heavy (non-hydrogen) atoms. The minimum absolute atomic E-state index is 0.0190. The second-order valence-electron chi connectivity index (χ2n) is 5.96. The zero-order valence-corrected chi connectivity index (χ0v) is 14.6. The summed E-state index contributed by atoms with van der Waals surface area (Å²) in [5, 5.41) is 4.90. The molecule has 2 aromatic rings. The summed E-state index contributed by atoms with van der Waals surface area (Å²) in [5.41, 5.74) is -0.798. The topological polar surface area (TPSA) is 58.2 Å². The number of carbonyl (C=O) groups excluding carboxylic acids is 2. The number of carbonyl (C=O) groups is 2. The molecule has 0 aliphatic heterocycles. The number of hydrogen-bond donors (Lipinski definition) is 2. The lowest BCUT2D eigenvalue weighted by atomic mass is 10.1. The summed E-state index contributed by atoms with van der Waals surface area (Å²) in [6, 6.07) is 7.19. The second-order valence-corrected chi connectivity index (χ2v) is 5.96. The third-order valence-electron chi connectivity index (χ3n) is 3.79. The quantitative estimate of drug-likeness (QED) is 0.549. The summed E-state index contributed by atoms with van der Waals surface area (Å²) in [7, 11) is 0. The van der Waals surface area contributed by atoms with Gasteiger partial charge in [0, 0.05) is 25.6 Å². The van der Waals surface area contributed by atoms with Crippen LogP contribution in [0.4, 0.5) is 22.0 Å². The number of nitrogens with one attached hydrogen (secondary N) is 2. The molecule has 2 aromatic carbocycles. The lowest BCUT2D eigenvalue weighted by molar-refractivity contribution is -0.137. The first-order valence-electron chi connectivity index (χ1n) is 8.33. The fourth-order valence-corrected chi connectivity index (χ4v) is 2.37. The van der Waals surface area contributed by atoms with Crippen LogP contribution in [-0.4, -0.2) is 18.4 Å². The largest absolute Gasteiger partial charge is 0.416 e. The maximum absolute atomic E-state index is 13.5. The maximum Gasteiger partial charge on any atom is 0.416 e. The number of amides is 2. The molecule has 0 fully saturated rings. The molecule has 0 bridgehead atoms. The van der Waals surface area contributed by atoms with Gasteiger partial charge in [0.15, 0.2) is 0 Å². The maximum atomic E-state index is 13.5. The molecular weight excluding hydrogens is 383 g/mol. The smallest absolute Gasteiger partial charge is 0.352 e. The average molecular weight is 400 g/mol. The van der Waals surface area contributed by atoms with E-state index in [1.54, 1.807) is 0 Å². The van der Waals surface area contributed by atoms with Crippen LogP contribution in [0, 0.1) is 11.6 Å². The molecule has 9 heteroatoms. The van der Waals surface area contributed by atoms with Crippen molar-refractivity contribution < 1.29 is 31.5 Å². The SMILES string of the molecule is O=C(CCCNC(=O)c1ccc(F)cc1F)NCc1cccc(C(F)(F)F)c1. The van der Waals surface area contributed by atoms with Gasteiger partial charge < -0.3 is 10.6 Å². The number of alkyl halides is 3. The molecule has 0 heterocycles. The van der Waals surface area contributed by atoms with Crippen LogP contribution in [0.1, 0.15) is 34.3 Å². The van der Waals surface area contributed by atoms with Crippen LogP contribution >= 0.6 is 0 Å². The van der Waals surface area contributed by atoms with Crippen LogP contribution in [0.2, 0.25) is 0 Å². The molecule has 0 atom stereocenters. The Hall–Kier alpha value is -2.97. The number of halogens is 5. The van der Waals surface area contributed by atoms with Gasteiger partial charge in [-0.15, -0.1) is 0 Å². The molecule has 150 valence electrons. The summed E-state index contributed by atoms with van der Waals surface area (Å²) >= 11 is 0. The number of rotatable bonds is 7. The van der Waals surface area contributed by atoms with Crippen LogP contribution in [0.25, 0.3) is 0 Å². The van der Waals surface area contributed by atoms with E-state index in [1.807, 2.05) is 0 Å². The Bertz CT molecular complexity index is 852. The zero-order chi connectivity index (χ0) is 20.7. The van der Waals surface area contributed by atoms with E-state index in [-0.39, 0.29) is 31.5 Å². The predicted molar refractivity (Wildman–Crippen MR) is 91.2 cm³/mol. The Labute approximate surface area is 157 Å². The monoisotopic (exact) mass is 400 g/mol. The first kappa shape index (κ1) is 21.3. The second kappa shape index (κ2) is 9.29. The zero-order valence-electron chi connectivity index (χ0n) is 14.6. The molecule has 0 aliphatic rings. The van der Waals surface area contributed by atoms with Gasteiger partial charge in [-0.25, -0.2) is 8.78 Å². The lowest BCUT2D eigenvalue weighted by Crippen LogP contribution is -2.28. The molecule has 2 rings (SSSR count). The van der Waals surface area contributed by atoms with Crippen molar-refractivity contribution in [2.24, 2.45) is 0 Å². The molecule has 0 unspecified atom stereocenters. The van der Waals surface area contributed by atoms with Gasteiger partial charge >= 0.3 is 6.18 Å². The van der Waals surface area contributed by atoms with Crippen LogP contribution in [-0.2, 0) is 17.5 Å². The van der Waals surface area contributed by atoms with Gasteiger partial charge in [0.1, 0.15) is 11.6 Å². The van der Waals surface area contributed by atoms with Crippen molar-refractivity contribution in [1.82, 2.24) is 10.6 Å². The summed E-state index contributed by atoms with van der Waals surface area (Å²) in [4.78, 5) is 23.5. The third-order valence-corrected chi connectivity index (χ3v) is 3.79. The highest BCUT2D eigenvalue weighted by molar-refractivity contribution is 5.94. The van der Waals surface area contributed by atoms with E-state index in [9.17, 15) is 31.5 Å². The molecule has 2 N–H and O–H groups in total. The van der Waals surface area contributed by atoms with Crippen molar-refractivity contribution >= 4 is 11.8 Å². The minimum Gasteiger partial charge on any atom is -0.352 e. The van der Waals surface area contributed by atoms with E-state index in [0.29, 0.717) is 11.6 Å². The van der Waals surface area contributed by atoms with E-state index in [2.05, 4.69) is 10.6 Å². The summed E-state index contributed by atoms with van der Waals surface area (Å²) < 4.78 is 64.2. The Balaban J connectivity index is 1.72. The highest BCUT2D eigenvalue weighted by Crippen LogP contribution is 2.29. The fourth-order valence-electron chi connectivity index (χ4n) is 2.37. The Morgan fingerprint density at radius 2 is 1.71 bits per heavy atom. The molecule has 0 aliphatic carbocycles. The standard InChI is InChI=1S/C19H17F5N2O2/c20-14-6-7-15(16(21)10-14)18(28)25-8-2-5-17(27)26-11-12-3-1-4-13(9-12)19(22,23)24/h1,3-4,6-7,9-10H,2,5,8,11H2,(H,25,28)(H,26,27). The minimum atomic E-state index is -4.46. The van der Waals surface area contributed by atoms with E-state index in [0.717, 1.165) is 24.3 Å². The normalized spacial score (nSPS) is 11.2. The van der Waals surface area contributed by atoms with Gasteiger partial charge in [0.05, 0.1) is 11.1 Å². The van der Waals surface area contributed by atoms with Gasteiger partial charge in [-0.05, 0) is 36.2 Å². The van der Waals surface area contributed by atoms with Crippen molar-refractivity contribution in [3.05, 3.63) is 70.8 Å². The van der Waals surface area contributed by atoms with E-state index >= 15 is 0 Å². The number of benzene rings is 2. The van der Waals surface area contributed by atoms with Gasteiger partial charge in [-0.2, -0.15) is 13.2 Å². The Morgan fingerprint density at radius 3 is 2.39 bits per heavy atom. The van der Waals surface area contributed by atoms with Gasteiger partial charge in [-0.1, -0.05) is 12.1 Å². The highest BCUT2D eigenvalue weighted by atomic mass is 19.4. The molecular formula is C19H17F5N2O2. The van der Waals surface area contributed by atoms with Crippen molar-refractivity contribution in [3.8, 4) is 0 Å². The highest BCUT2D eigenvalue weighted by Gasteiger charge is 2.30. The van der Waals surface area contributed by atoms with Gasteiger partial charge in [0.25, 0.3) is 5.91 Å². The first-order chi connectivity index (χ1) is 13.2. The third kappa shape index (κ3) is 6.33. The molecule has 0 radical (unpaired) electrons.